The second kappa shape index (κ2) is 4.51. The molecular formula is C9H16N. The highest BCUT2D eigenvalue weighted by Gasteiger charge is 2.09. The summed E-state index contributed by atoms with van der Waals surface area (Å²) < 4.78 is 0. The number of rotatable bonds is 2. The third kappa shape index (κ3) is 2.53. The van der Waals surface area contributed by atoms with Gasteiger partial charge in [-0.15, -0.1) is 6.58 Å². The molecule has 0 amide bonds. The minimum atomic E-state index is 0.597. The molecule has 1 fully saturated rings. The van der Waals surface area contributed by atoms with Crippen LogP contribution in [-0.4, -0.2) is 12.6 Å². The number of nitrogens with zero attached hydrogens (tertiary/aromatic N) is 1. The van der Waals surface area contributed by atoms with E-state index in [-0.39, 0.29) is 0 Å². The predicted molar refractivity (Wildman–Crippen MR) is 44.1 cm³/mol. The van der Waals surface area contributed by atoms with E-state index in [4.69, 9.17) is 0 Å². The highest BCUT2D eigenvalue weighted by atomic mass is 14.9. The van der Waals surface area contributed by atoms with Crippen LogP contribution < -0.4 is 5.32 Å². The summed E-state index contributed by atoms with van der Waals surface area (Å²) in [5, 5.41) is 4.54. The molecule has 1 aliphatic rings. The largest absolute Gasteiger partial charge is 0.238 e. The van der Waals surface area contributed by atoms with Gasteiger partial charge in [-0.1, -0.05) is 18.9 Å². The van der Waals surface area contributed by atoms with Gasteiger partial charge in [0.25, 0.3) is 0 Å². The second-order valence-electron chi connectivity index (χ2n) is 2.93. The first-order valence-electron chi connectivity index (χ1n) is 4.21. The van der Waals surface area contributed by atoms with Gasteiger partial charge in [0.05, 0.1) is 0 Å². The van der Waals surface area contributed by atoms with E-state index in [9.17, 15) is 0 Å². The molecule has 1 radical (unpaired) electrons. The van der Waals surface area contributed by atoms with Crippen LogP contribution >= 0.6 is 0 Å². The fourth-order valence-electron chi connectivity index (χ4n) is 1.42. The molecule has 1 saturated heterocycles. The molecule has 57 valence electrons. The summed E-state index contributed by atoms with van der Waals surface area (Å²) in [6.07, 6.45) is 8.39. The van der Waals surface area contributed by atoms with Gasteiger partial charge in [0, 0.05) is 12.6 Å². The summed E-state index contributed by atoms with van der Waals surface area (Å²) in [5.74, 6) is 0. The van der Waals surface area contributed by atoms with Crippen LogP contribution in [0.1, 0.15) is 32.1 Å². The highest BCUT2D eigenvalue weighted by molar-refractivity contribution is 4.79. The summed E-state index contributed by atoms with van der Waals surface area (Å²) >= 11 is 0. The van der Waals surface area contributed by atoms with Crippen LogP contribution in [0.15, 0.2) is 12.7 Å². The Morgan fingerprint density at radius 2 is 2.30 bits per heavy atom. The maximum atomic E-state index is 4.54. The Morgan fingerprint density at radius 1 is 1.40 bits per heavy atom. The summed E-state index contributed by atoms with van der Waals surface area (Å²) in [5.41, 5.74) is 0. The molecule has 0 aromatic carbocycles. The highest BCUT2D eigenvalue weighted by Crippen LogP contribution is 2.11. The number of hydrogen-bond donors (Lipinski definition) is 0. The van der Waals surface area contributed by atoms with E-state index in [1.807, 2.05) is 6.08 Å². The van der Waals surface area contributed by atoms with Crippen molar-refractivity contribution in [1.82, 2.24) is 5.32 Å². The first kappa shape index (κ1) is 7.80. The SMILES string of the molecule is C=CCC1CCCCC[N]1. The molecule has 1 aliphatic heterocycles. The molecule has 0 aromatic rings. The Labute approximate surface area is 63.5 Å². The van der Waals surface area contributed by atoms with Gasteiger partial charge in [0.2, 0.25) is 0 Å². The van der Waals surface area contributed by atoms with E-state index in [0.717, 1.165) is 13.0 Å². The maximum absolute atomic E-state index is 4.54. The minimum Gasteiger partial charge on any atom is -0.238 e. The molecule has 0 bridgehead atoms. The van der Waals surface area contributed by atoms with Crippen LogP contribution in [0.3, 0.4) is 0 Å². The lowest BCUT2D eigenvalue weighted by Crippen LogP contribution is -2.19. The third-order valence-electron chi connectivity index (χ3n) is 2.02. The average molecular weight is 138 g/mol. The summed E-state index contributed by atoms with van der Waals surface area (Å²) in [6, 6.07) is 0.597. The Morgan fingerprint density at radius 3 is 3.10 bits per heavy atom. The maximum Gasteiger partial charge on any atom is 0.0280 e. The first-order valence-corrected chi connectivity index (χ1v) is 4.21. The van der Waals surface area contributed by atoms with Gasteiger partial charge in [0.1, 0.15) is 0 Å². The molecule has 1 atom stereocenters. The molecule has 1 nitrogen and oxygen atoms in total. The molecule has 1 heterocycles. The quantitative estimate of drug-likeness (QED) is 0.519. The van der Waals surface area contributed by atoms with Crippen LogP contribution in [0.5, 0.6) is 0 Å². The molecule has 0 aromatic heterocycles. The van der Waals surface area contributed by atoms with Crippen molar-refractivity contribution in [2.45, 2.75) is 38.1 Å². The Kier molecular flexibility index (Phi) is 3.52. The van der Waals surface area contributed by atoms with E-state index in [1.54, 1.807) is 0 Å². The van der Waals surface area contributed by atoms with Crippen LogP contribution in [0.25, 0.3) is 0 Å². The molecule has 0 spiro atoms. The van der Waals surface area contributed by atoms with E-state index >= 15 is 0 Å². The molecule has 10 heavy (non-hydrogen) atoms. The van der Waals surface area contributed by atoms with Crippen molar-refractivity contribution in [2.24, 2.45) is 0 Å². The zero-order valence-corrected chi connectivity index (χ0v) is 6.55. The molecule has 0 saturated carbocycles. The smallest absolute Gasteiger partial charge is 0.0280 e. The van der Waals surface area contributed by atoms with Gasteiger partial charge in [-0.3, -0.25) is 0 Å². The predicted octanol–water partition coefficient (Wildman–Crippen LogP) is 2.11. The van der Waals surface area contributed by atoms with Gasteiger partial charge in [-0.2, -0.15) is 0 Å². The zero-order chi connectivity index (χ0) is 7.23. The second-order valence-corrected chi connectivity index (χ2v) is 2.93. The van der Waals surface area contributed by atoms with Gasteiger partial charge < -0.3 is 0 Å². The topological polar surface area (TPSA) is 14.1 Å². The van der Waals surface area contributed by atoms with Crippen molar-refractivity contribution in [3.63, 3.8) is 0 Å². The molecule has 0 N–H and O–H groups in total. The molecular weight excluding hydrogens is 122 g/mol. The Bertz CT molecular complexity index is 90.9. The molecule has 1 unspecified atom stereocenters. The monoisotopic (exact) mass is 138 g/mol. The fourth-order valence-corrected chi connectivity index (χ4v) is 1.42. The summed E-state index contributed by atoms with van der Waals surface area (Å²) in [4.78, 5) is 0. The van der Waals surface area contributed by atoms with Crippen molar-refractivity contribution in [3.05, 3.63) is 12.7 Å². The van der Waals surface area contributed by atoms with E-state index in [1.165, 1.54) is 25.7 Å². The minimum absolute atomic E-state index is 0.597. The van der Waals surface area contributed by atoms with E-state index < -0.39 is 0 Å². The van der Waals surface area contributed by atoms with Crippen molar-refractivity contribution in [1.29, 1.82) is 0 Å². The first-order chi connectivity index (χ1) is 4.93. The van der Waals surface area contributed by atoms with Gasteiger partial charge in [0.15, 0.2) is 0 Å². The van der Waals surface area contributed by atoms with E-state index in [2.05, 4.69) is 11.9 Å². The van der Waals surface area contributed by atoms with Gasteiger partial charge in [-0.25, -0.2) is 5.32 Å². The van der Waals surface area contributed by atoms with Crippen LogP contribution in [0.4, 0.5) is 0 Å². The van der Waals surface area contributed by atoms with Crippen molar-refractivity contribution < 1.29 is 0 Å². The lowest BCUT2D eigenvalue weighted by Gasteiger charge is -2.09. The van der Waals surface area contributed by atoms with Crippen LogP contribution in [0, 0.1) is 0 Å². The summed E-state index contributed by atoms with van der Waals surface area (Å²) in [6.45, 7) is 4.81. The number of hydrogen-bond acceptors (Lipinski definition) is 0. The Hall–Kier alpha value is -0.300. The Balaban J connectivity index is 2.21. The molecule has 1 rings (SSSR count). The fraction of sp³-hybridized carbons (Fsp3) is 0.778. The molecule has 1 heteroatoms. The van der Waals surface area contributed by atoms with Crippen molar-refractivity contribution in [2.75, 3.05) is 6.54 Å². The van der Waals surface area contributed by atoms with E-state index in [0.29, 0.717) is 6.04 Å². The van der Waals surface area contributed by atoms with Gasteiger partial charge >= 0.3 is 0 Å². The van der Waals surface area contributed by atoms with Crippen LogP contribution in [0.2, 0.25) is 0 Å². The standard InChI is InChI=1S/C9H16N/c1-2-6-9-7-4-3-5-8-10-9/h2,9H,1,3-8H2. The lowest BCUT2D eigenvalue weighted by atomic mass is 10.1. The molecule has 0 aliphatic carbocycles. The lowest BCUT2D eigenvalue weighted by molar-refractivity contribution is 0.505. The van der Waals surface area contributed by atoms with Gasteiger partial charge in [-0.05, 0) is 19.3 Å². The normalized spacial score (nSPS) is 27.4. The van der Waals surface area contributed by atoms with Crippen LogP contribution in [-0.2, 0) is 0 Å². The average Bonchev–Trinajstić information content (AvgIpc) is 2.17. The zero-order valence-electron chi connectivity index (χ0n) is 6.55. The third-order valence-corrected chi connectivity index (χ3v) is 2.02. The van der Waals surface area contributed by atoms with Crippen molar-refractivity contribution >= 4 is 0 Å². The summed E-state index contributed by atoms with van der Waals surface area (Å²) in [7, 11) is 0. The van der Waals surface area contributed by atoms with Crippen molar-refractivity contribution in [3.8, 4) is 0 Å².